The number of nitrogens with zero attached hydrogens (tertiary/aromatic N) is 3. The molecule has 0 unspecified atom stereocenters. The van der Waals surface area contributed by atoms with Gasteiger partial charge in [0.25, 0.3) is 0 Å². The summed E-state index contributed by atoms with van der Waals surface area (Å²) in [5.41, 5.74) is 1.87. The molecule has 1 aromatic heterocycles. The molecule has 9 heteroatoms. The van der Waals surface area contributed by atoms with E-state index >= 15 is 0 Å². The van der Waals surface area contributed by atoms with Crippen molar-refractivity contribution in [3.05, 3.63) is 70.3 Å². The zero-order chi connectivity index (χ0) is 25.0. The normalized spacial score (nSPS) is 11.4. The highest BCUT2D eigenvalue weighted by Gasteiger charge is 2.24. The summed E-state index contributed by atoms with van der Waals surface area (Å²) in [5, 5.41) is 11.2. The first-order chi connectivity index (χ1) is 16.0. The zero-order valence-corrected chi connectivity index (χ0v) is 21.4. The molecule has 3 rings (SSSR count). The summed E-state index contributed by atoms with van der Waals surface area (Å²) in [6.07, 6.45) is 0. The van der Waals surface area contributed by atoms with E-state index in [2.05, 4.69) is 31.4 Å². The van der Waals surface area contributed by atoms with Gasteiger partial charge in [0.2, 0.25) is 5.91 Å². The SMILES string of the molecule is CC(C)N(CC(=O)Nc1cc(C(C)(C)C)nn1-c1ccccc1)C(=O)Nc1ccc(Cl)cc1Cl. The van der Waals surface area contributed by atoms with Gasteiger partial charge in [0.1, 0.15) is 12.4 Å². The second kappa shape index (κ2) is 10.5. The van der Waals surface area contributed by atoms with E-state index in [0.717, 1.165) is 11.4 Å². The first-order valence-corrected chi connectivity index (χ1v) is 11.7. The molecule has 0 bridgehead atoms. The van der Waals surface area contributed by atoms with Gasteiger partial charge in [-0.2, -0.15) is 5.10 Å². The van der Waals surface area contributed by atoms with Gasteiger partial charge in [0, 0.05) is 22.5 Å². The van der Waals surface area contributed by atoms with Crippen molar-refractivity contribution >= 4 is 46.6 Å². The number of urea groups is 1. The molecule has 0 radical (unpaired) electrons. The standard InChI is InChI=1S/C25H29Cl2N5O2/c1-16(2)31(24(34)28-20-12-11-17(26)13-19(20)27)15-23(33)29-22-14-21(25(3,4)5)30-32(22)18-9-7-6-8-10-18/h6-14,16H,15H2,1-5H3,(H,28,34)(H,29,33). The predicted molar refractivity (Wildman–Crippen MR) is 138 cm³/mol. The number of nitrogens with one attached hydrogen (secondary N) is 2. The number of hydrogen-bond donors (Lipinski definition) is 2. The van der Waals surface area contributed by atoms with E-state index in [4.69, 9.17) is 28.3 Å². The average molecular weight is 502 g/mol. The Morgan fingerprint density at radius 2 is 1.71 bits per heavy atom. The molecule has 3 amide bonds. The second-order valence-electron chi connectivity index (χ2n) is 9.24. The van der Waals surface area contributed by atoms with Crippen molar-refractivity contribution in [2.24, 2.45) is 0 Å². The van der Waals surface area contributed by atoms with Gasteiger partial charge in [-0.3, -0.25) is 4.79 Å². The van der Waals surface area contributed by atoms with Crippen molar-refractivity contribution in [1.29, 1.82) is 0 Å². The van der Waals surface area contributed by atoms with Gasteiger partial charge in [-0.25, -0.2) is 9.48 Å². The molecule has 180 valence electrons. The summed E-state index contributed by atoms with van der Waals surface area (Å²) >= 11 is 12.1. The lowest BCUT2D eigenvalue weighted by molar-refractivity contribution is -0.117. The largest absolute Gasteiger partial charge is 0.322 e. The van der Waals surface area contributed by atoms with Gasteiger partial charge >= 0.3 is 6.03 Å². The quantitative estimate of drug-likeness (QED) is 0.412. The molecule has 0 saturated carbocycles. The molecule has 0 saturated heterocycles. The van der Waals surface area contributed by atoms with E-state index in [-0.39, 0.29) is 23.9 Å². The van der Waals surface area contributed by atoms with Crippen LogP contribution in [0.2, 0.25) is 10.0 Å². The predicted octanol–water partition coefficient (Wildman–Crippen LogP) is 6.36. The van der Waals surface area contributed by atoms with Crippen molar-refractivity contribution in [2.45, 2.75) is 46.1 Å². The zero-order valence-electron chi connectivity index (χ0n) is 19.9. The fourth-order valence-electron chi connectivity index (χ4n) is 3.21. The molecule has 3 aromatic rings. The summed E-state index contributed by atoms with van der Waals surface area (Å²) in [4.78, 5) is 27.4. The number of halogens is 2. The topological polar surface area (TPSA) is 79.3 Å². The van der Waals surface area contributed by atoms with Crippen molar-refractivity contribution < 1.29 is 9.59 Å². The van der Waals surface area contributed by atoms with Crippen molar-refractivity contribution in [3.63, 3.8) is 0 Å². The van der Waals surface area contributed by atoms with Crippen LogP contribution < -0.4 is 10.6 Å². The molecule has 0 aliphatic carbocycles. The highest BCUT2D eigenvalue weighted by atomic mass is 35.5. The average Bonchev–Trinajstić information content (AvgIpc) is 3.18. The molecule has 2 N–H and O–H groups in total. The van der Waals surface area contributed by atoms with Crippen LogP contribution in [0.5, 0.6) is 0 Å². The Labute approximate surface area is 210 Å². The van der Waals surface area contributed by atoms with Crippen molar-refractivity contribution in [1.82, 2.24) is 14.7 Å². The monoisotopic (exact) mass is 501 g/mol. The van der Waals surface area contributed by atoms with E-state index in [1.54, 1.807) is 22.9 Å². The summed E-state index contributed by atoms with van der Waals surface area (Å²) < 4.78 is 1.70. The maximum atomic E-state index is 13.0. The van der Waals surface area contributed by atoms with E-state index < -0.39 is 6.03 Å². The maximum absolute atomic E-state index is 13.0. The summed E-state index contributed by atoms with van der Waals surface area (Å²) in [7, 11) is 0. The van der Waals surface area contributed by atoms with E-state index in [9.17, 15) is 9.59 Å². The Morgan fingerprint density at radius 1 is 1.03 bits per heavy atom. The summed E-state index contributed by atoms with van der Waals surface area (Å²) in [6.45, 7) is 9.69. The highest BCUT2D eigenvalue weighted by Crippen LogP contribution is 2.27. The lowest BCUT2D eigenvalue weighted by atomic mass is 9.92. The van der Waals surface area contributed by atoms with Crippen molar-refractivity contribution in [2.75, 3.05) is 17.2 Å². The van der Waals surface area contributed by atoms with Crippen LogP contribution in [0.3, 0.4) is 0 Å². The molecular weight excluding hydrogens is 473 g/mol. The number of carbonyl (C=O) groups excluding carboxylic acids is 2. The number of carbonyl (C=O) groups is 2. The van der Waals surface area contributed by atoms with Gasteiger partial charge in [-0.05, 0) is 44.2 Å². The smallest absolute Gasteiger partial charge is 0.313 e. The molecular formula is C25H29Cl2N5O2. The minimum Gasteiger partial charge on any atom is -0.313 e. The Kier molecular flexibility index (Phi) is 7.89. The lowest BCUT2D eigenvalue weighted by Crippen LogP contribution is -2.44. The van der Waals surface area contributed by atoms with Crippen LogP contribution in [-0.4, -0.2) is 39.2 Å². The van der Waals surface area contributed by atoms with Gasteiger partial charge in [-0.15, -0.1) is 0 Å². The lowest BCUT2D eigenvalue weighted by Gasteiger charge is -2.26. The fourth-order valence-corrected chi connectivity index (χ4v) is 3.66. The Hall–Kier alpha value is -3.03. The third-order valence-corrected chi connectivity index (χ3v) is 5.66. The van der Waals surface area contributed by atoms with Crippen LogP contribution in [0.1, 0.15) is 40.3 Å². The molecule has 0 spiro atoms. The number of anilines is 2. The minimum absolute atomic E-state index is 0.153. The number of hydrogen-bond acceptors (Lipinski definition) is 3. The van der Waals surface area contributed by atoms with Gasteiger partial charge in [0.15, 0.2) is 0 Å². The van der Waals surface area contributed by atoms with E-state index in [1.807, 2.05) is 50.2 Å². The van der Waals surface area contributed by atoms with Crippen LogP contribution in [0.4, 0.5) is 16.3 Å². The first-order valence-electron chi connectivity index (χ1n) is 10.9. The number of benzene rings is 2. The number of rotatable bonds is 6. The molecule has 0 aliphatic heterocycles. The van der Waals surface area contributed by atoms with Crippen LogP contribution in [0.25, 0.3) is 5.69 Å². The Bertz CT molecular complexity index is 1170. The third kappa shape index (κ3) is 6.30. The van der Waals surface area contributed by atoms with Crippen LogP contribution >= 0.6 is 23.2 Å². The third-order valence-electron chi connectivity index (χ3n) is 5.12. The van der Waals surface area contributed by atoms with Crippen LogP contribution in [0, 0.1) is 0 Å². The molecule has 0 fully saturated rings. The number of amides is 3. The maximum Gasteiger partial charge on any atom is 0.322 e. The molecule has 2 aromatic carbocycles. The minimum atomic E-state index is -0.443. The van der Waals surface area contributed by atoms with E-state index in [1.165, 1.54) is 4.90 Å². The molecule has 7 nitrogen and oxygen atoms in total. The summed E-state index contributed by atoms with van der Waals surface area (Å²) in [6, 6.07) is 15.5. The van der Waals surface area contributed by atoms with Crippen LogP contribution in [0.15, 0.2) is 54.6 Å². The molecule has 34 heavy (non-hydrogen) atoms. The number of aromatic nitrogens is 2. The Balaban J connectivity index is 1.80. The Morgan fingerprint density at radius 3 is 2.29 bits per heavy atom. The van der Waals surface area contributed by atoms with Crippen LogP contribution in [-0.2, 0) is 10.2 Å². The van der Waals surface area contributed by atoms with Gasteiger partial charge in [-0.1, -0.05) is 62.2 Å². The molecule has 0 atom stereocenters. The molecule has 1 heterocycles. The second-order valence-corrected chi connectivity index (χ2v) is 10.1. The van der Waals surface area contributed by atoms with E-state index in [0.29, 0.717) is 21.6 Å². The number of para-hydroxylation sites is 1. The van der Waals surface area contributed by atoms with Gasteiger partial charge < -0.3 is 15.5 Å². The summed E-state index contributed by atoms with van der Waals surface area (Å²) in [5.74, 6) is 0.189. The first kappa shape index (κ1) is 25.6. The fraction of sp³-hybridized carbons (Fsp3) is 0.320. The highest BCUT2D eigenvalue weighted by molar-refractivity contribution is 6.36. The van der Waals surface area contributed by atoms with Crippen molar-refractivity contribution in [3.8, 4) is 5.69 Å². The molecule has 0 aliphatic rings. The van der Waals surface area contributed by atoms with Gasteiger partial charge in [0.05, 0.1) is 22.1 Å².